The van der Waals surface area contributed by atoms with Crippen LogP contribution in [0.15, 0.2) is 57.4 Å². The van der Waals surface area contributed by atoms with E-state index in [1.165, 1.54) is 0 Å². The highest BCUT2D eigenvalue weighted by Crippen LogP contribution is 2.27. The number of hydrogen-bond donors (Lipinski definition) is 0. The van der Waals surface area contributed by atoms with Crippen molar-refractivity contribution in [1.29, 1.82) is 0 Å². The first-order valence-electron chi connectivity index (χ1n) is 7.65. The van der Waals surface area contributed by atoms with Crippen LogP contribution in [0.1, 0.15) is 23.2 Å². The molecule has 3 aromatic rings. The molecule has 0 bridgehead atoms. The molecule has 0 saturated carbocycles. The zero-order chi connectivity index (χ0) is 17.6. The second-order valence-corrected chi connectivity index (χ2v) is 5.84. The summed E-state index contributed by atoms with van der Waals surface area (Å²) in [5.41, 5.74) is 1.13. The Hall–Kier alpha value is -2.67. The first kappa shape index (κ1) is 17.2. The Bertz CT molecular complexity index is 879. The molecule has 3 rings (SSSR count). The highest BCUT2D eigenvalue weighted by molar-refractivity contribution is 9.10. The molecular weight excluding hydrogens is 388 g/mol. The van der Waals surface area contributed by atoms with Crippen LogP contribution in [0, 0.1) is 0 Å². The van der Waals surface area contributed by atoms with Crippen molar-refractivity contribution in [2.45, 2.75) is 13.5 Å². The third-order valence-electron chi connectivity index (χ3n) is 3.30. The molecule has 7 heteroatoms. The van der Waals surface area contributed by atoms with Crippen molar-refractivity contribution >= 4 is 21.9 Å². The SMILES string of the molecule is CCOc1ccccc1C(=O)OCc1nnc(-c2ccccc2Br)o1. The fraction of sp³-hybridized carbons (Fsp3) is 0.167. The Morgan fingerprint density at radius 1 is 1.12 bits per heavy atom. The maximum absolute atomic E-state index is 12.2. The Morgan fingerprint density at radius 3 is 2.68 bits per heavy atom. The van der Waals surface area contributed by atoms with Gasteiger partial charge in [0.1, 0.15) is 11.3 Å². The summed E-state index contributed by atoms with van der Waals surface area (Å²) in [4.78, 5) is 12.2. The summed E-state index contributed by atoms with van der Waals surface area (Å²) < 4.78 is 17.1. The van der Waals surface area contributed by atoms with Crippen LogP contribution in [0.3, 0.4) is 0 Å². The molecule has 0 aliphatic carbocycles. The standard InChI is InChI=1S/C18H15BrN2O4/c1-2-23-15-10-6-4-8-13(15)18(22)24-11-16-20-21-17(25-16)12-7-3-5-9-14(12)19/h3-10H,2,11H2,1H3. The van der Waals surface area contributed by atoms with Gasteiger partial charge < -0.3 is 13.9 Å². The predicted molar refractivity (Wildman–Crippen MR) is 94.2 cm³/mol. The molecule has 2 aromatic carbocycles. The first-order chi connectivity index (χ1) is 12.2. The maximum atomic E-state index is 12.2. The number of para-hydroxylation sites is 1. The summed E-state index contributed by atoms with van der Waals surface area (Å²) in [7, 11) is 0. The van der Waals surface area contributed by atoms with Gasteiger partial charge in [-0.2, -0.15) is 0 Å². The molecule has 0 amide bonds. The minimum atomic E-state index is -0.510. The molecule has 0 spiro atoms. The lowest BCUT2D eigenvalue weighted by molar-refractivity contribution is 0.0434. The second kappa shape index (κ2) is 7.94. The van der Waals surface area contributed by atoms with Crippen LogP contribution < -0.4 is 4.74 Å². The molecule has 0 unspecified atom stereocenters. The van der Waals surface area contributed by atoms with Gasteiger partial charge in [0.05, 0.1) is 12.2 Å². The average Bonchev–Trinajstić information content (AvgIpc) is 3.09. The first-order valence-corrected chi connectivity index (χ1v) is 8.44. The monoisotopic (exact) mass is 402 g/mol. The third-order valence-corrected chi connectivity index (χ3v) is 4.00. The van der Waals surface area contributed by atoms with Crippen LogP contribution in [0.5, 0.6) is 5.75 Å². The van der Waals surface area contributed by atoms with Gasteiger partial charge in [0, 0.05) is 4.47 Å². The van der Waals surface area contributed by atoms with E-state index >= 15 is 0 Å². The van der Waals surface area contributed by atoms with Crippen molar-refractivity contribution in [3.05, 3.63) is 64.5 Å². The second-order valence-electron chi connectivity index (χ2n) is 4.99. The van der Waals surface area contributed by atoms with Crippen molar-refractivity contribution in [2.24, 2.45) is 0 Å². The van der Waals surface area contributed by atoms with Crippen LogP contribution in [0.4, 0.5) is 0 Å². The molecule has 0 aliphatic heterocycles. The minimum absolute atomic E-state index is 0.114. The summed E-state index contributed by atoms with van der Waals surface area (Å²) in [6, 6.07) is 14.4. The Balaban J connectivity index is 1.69. The number of nitrogens with zero attached hydrogens (tertiary/aromatic N) is 2. The molecule has 0 aliphatic rings. The van der Waals surface area contributed by atoms with Gasteiger partial charge in [-0.15, -0.1) is 10.2 Å². The molecule has 0 radical (unpaired) electrons. The van der Waals surface area contributed by atoms with Crippen molar-refractivity contribution < 1.29 is 18.7 Å². The molecule has 1 aromatic heterocycles. The zero-order valence-electron chi connectivity index (χ0n) is 13.4. The van der Waals surface area contributed by atoms with E-state index in [-0.39, 0.29) is 12.5 Å². The molecule has 128 valence electrons. The molecular formula is C18H15BrN2O4. The Morgan fingerprint density at radius 2 is 1.88 bits per heavy atom. The van der Waals surface area contributed by atoms with Gasteiger partial charge in [-0.25, -0.2) is 4.79 Å². The van der Waals surface area contributed by atoms with Gasteiger partial charge in [-0.1, -0.05) is 24.3 Å². The van der Waals surface area contributed by atoms with E-state index in [0.29, 0.717) is 23.8 Å². The van der Waals surface area contributed by atoms with Crippen LogP contribution in [0.2, 0.25) is 0 Å². The predicted octanol–water partition coefficient (Wildman–Crippen LogP) is 4.25. The van der Waals surface area contributed by atoms with Crippen LogP contribution in [-0.4, -0.2) is 22.8 Å². The number of benzene rings is 2. The van der Waals surface area contributed by atoms with Gasteiger partial charge in [-0.05, 0) is 47.1 Å². The Kier molecular flexibility index (Phi) is 5.45. The molecule has 0 N–H and O–H groups in total. The van der Waals surface area contributed by atoms with Crippen molar-refractivity contribution in [3.8, 4) is 17.2 Å². The van der Waals surface area contributed by atoms with E-state index in [1.807, 2.05) is 31.2 Å². The van der Waals surface area contributed by atoms with E-state index in [2.05, 4.69) is 26.1 Å². The molecule has 0 saturated heterocycles. The van der Waals surface area contributed by atoms with Gasteiger partial charge in [0.2, 0.25) is 5.89 Å². The number of hydrogen-bond acceptors (Lipinski definition) is 6. The number of aromatic nitrogens is 2. The lowest BCUT2D eigenvalue weighted by atomic mass is 10.2. The normalized spacial score (nSPS) is 10.5. The molecule has 0 atom stereocenters. The highest BCUT2D eigenvalue weighted by Gasteiger charge is 2.16. The number of rotatable bonds is 6. The van der Waals surface area contributed by atoms with Gasteiger partial charge in [0.25, 0.3) is 5.89 Å². The van der Waals surface area contributed by atoms with Crippen LogP contribution in [0.25, 0.3) is 11.5 Å². The van der Waals surface area contributed by atoms with E-state index in [9.17, 15) is 4.79 Å². The van der Waals surface area contributed by atoms with Crippen molar-refractivity contribution in [2.75, 3.05) is 6.61 Å². The van der Waals surface area contributed by atoms with Gasteiger partial charge in [0.15, 0.2) is 6.61 Å². The van der Waals surface area contributed by atoms with Gasteiger partial charge in [-0.3, -0.25) is 0 Å². The highest BCUT2D eigenvalue weighted by atomic mass is 79.9. The lowest BCUT2D eigenvalue weighted by Gasteiger charge is -2.08. The molecule has 25 heavy (non-hydrogen) atoms. The minimum Gasteiger partial charge on any atom is -0.493 e. The largest absolute Gasteiger partial charge is 0.493 e. The number of esters is 1. The topological polar surface area (TPSA) is 74.5 Å². The van der Waals surface area contributed by atoms with E-state index < -0.39 is 5.97 Å². The number of carbonyl (C=O) groups is 1. The van der Waals surface area contributed by atoms with E-state index in [1.54, 1.807) is 24.3 Å². The molecule has 0 fully saturated rings. The van der Waals surface area contributed by atoms with Gasteiger partial charge >= 0.3 is 5.97 Å². The summed E-state index contributed by atoms with van der Waals surface area (Å²) in [6.45, 7) is 2.20. The summed E-state index contributed by atoms with van der Waals surface area (Å²) in [5, 5.41) is 7.89. The van der Waals surface area contributed by atoms with Crippen LogP contribution >= 0.6 is 15.9 Å². The summed E-state index contributed by atoms with van der Waals surface area (Å²) in [6.07, 6.45) is 0. The fourth-order valence-electron chi connectivity index (χ4n) is 2.18. The smallest absolute Gasteiger partial charge is 0.342 e. The average molecular weight is 403 g/mol. The van der Waals surface area contributed by atoms with Crippen molar-refractivity contribution in [1.82, 2.24) is 10.2 Å². The Labute approximate surface area is 152 Å². The number of carbonyl (C=O) groups excluding carboxylic acids is 1. The number of halogens is 1. The summed E-state index contributed by atoms with van der Waals surface area (Å²) >= 11 is 3.43. The van der Waals surface area contributed by atoms with E-state index in [0.717, 1.165) is 10.0 Å². The maximum Gasteiger partial charge on any atom is 0.342 e. The molecule has 1 heterocycles. The van der Waals surface area contributed by atoms with Crippen molar-refractivity contribution in [3.63, 3.8) is 0 Å². The third kappa shape index (κ3) is 4.06. The zero-order valence-corrected chi connectivity index (χ0v) is 15.0. The lowest BCUT2D eigenvalue weighted by Crippen LogP contribution is -2.08. The van der Waals surface area contributed by atoms with Crippen LogP contribution in [-0.2, 0) is 11.3 Å². The summed E-state index contributed by atoms with van der Waals surface area (Å²) in [5.74, 6) is 0.542. The van der Waals surface area contributed by atoms with E-state index in [4.69, 9.17) is 13.9 Å². The number of ether oxygens (including phenoxy) is 2. The fourth-order valence-corrected chi connectivity index (χ4v) is 2.63. The quantitative estimate of drug-likeness (QED) is 0.573. The molecule has 6 nitrogen and oxygen atoms in total.